The van der Waals surface area contributed by atoms with Gasteiger partial charge in [-0.3, -0.25) is 9.48 Å². The summed E-state index contributed by atoms with van der Waals surface area (Å²) in [6, 6.07) is 5.40. The lowest BCUT2D eigenvalue weighted by Crippen LogP contribution is -2.31. The normalized spacial score (nSPS) is 16.5. The van der Waals surface area contributed by atoms with Crippen LogP contribution in [0.3, 0.4) is 0 Å². The van der Waals surface area contributed by atoms with Crippen LogP contribution in [0.15, 0.2) is 18.2 Å². The highest BCUT2D eigenvalue weighted by molar-refractivity contribution is 6.30. The minimum absolute atomic E-state index is 0.165. The quantitative estimate of drug-likeness (QED) is 0.928. The van der Waals surface area contributed by atoms with Crippen LogP contribution in [0.2, 0.25) is 5.02 Å². The molecule has 110 valence electrons. The third-order valence-corrected chi connectivity index (χ3v) is 3.98. The average Bonchev–Trinajstić information content (AvgIpc) is 2.95. The van der Waals surface area contributed by atoms with Crippen LogP contribution in [0.5, 0.6) is 5.75 Å². The van der Waals surface area contributed by atoms with E-state index in [1.807, 2.05) is 27.0 Å². The number of carbonyl (C=O) groups is 1. The van der Waals surface area contributed by atoms with Crippen LogP contribution < -0.4 is 10.1 Å². The Labute approximate surface area is 127 Å². The van der Waals surface area contributed by atoms with Crippen molar-refractivity contribution in [1.29, 1.82) is 0 Å². The Morgan fingerprint density at radius 2 is 2.24 bits per heavy atom. The molecule has 0 saturated heterocycles. The Balaban J connectivity index is 1.76. The fourth-order valence-electron chi connectivity index (χ4n) is 2.52. The number of carbonyl (C=O) groups excluding carboxylic acids is 1. The monoisotopic (exact) mass is 305 g/mol. The third-order valence-electron chi connectivity index (χ3n) is 3.75. The van der Waals surface area contributed by atoms with E-state index in [-0.39, 0.29) is 5.91 Å². The fraction of sp³-hybridized carbons (Fsp3) is 0.333. The van der Waals surface area contributed by atoms with Gasteiger partial charge < -0.3 is 10.1 Å². The lowest BCUT2D eigenvalue weighted by atomic mass is 10.1. The summed E-state index contributed by atoms with van der Waals surface area (Å²) in [5.41, 5.74) is 3.42. The second-order valence-electron chi connectivity index (χ2n) is 5.22. The number of hydrogen-bond acceptors (Lipinski definition) is 3. The minimum atomic E-state index is -0.530. The van der Waals surface area contributed by atoms with Crippen LogP contribution in [0.1, 0.15) is 17.0 Å². The Morgan fingerprint density at radius 1 is 1.48 bits per heavy atom. The number of rotatable bonds is 2. The molecule has 1 atom stereocenters. The predicted octanol–water partition coefficient (Wildman–Crippen LogP) is 2.63. The van der Waals surface area contributed by atoms with Gasteiger partial charge in [0.15, 0.2) is 6.10 Å². The molecule has 0 fully saturated rings. The molecule has 1 aliphatic heterocycles. The minimum Gasteiger partial charge on any atom is -0.480 e. The molecule has 2 aromatic rings. The van der Waals surface area contributed by atoms with Crippen molar-refractivity contribution in [3.63, 3.8) is 0 Å². The smallest absolute Gasteiger partial charge is 0.265 e. The van der Waals surface area contributed by atoms with E-state index < -0.39 is 6.10 Å². The number of nitrogens with one attached hydrogen (secondary N) is 1. The van der Waals surface area contributed by atoms with Crippen LogP contribution in [-0.4, -0.2) is 21.8 Å². The largest absolute Gasteiger partial charge is 0.480 e. The number of hydrogen-bond donors (Lipinski definition) is 1. The number of benzene rings is 1. The Hall–Kier alpha value is -2.01. The van der Waals surface area contributed by atoms with Gasteiger partial charge in [-0.1, -0.05) is 11.6 Å². The van der Waals surface area contributed by atoms with Crippen LogP contribution in [0, 0.1) is 13.8 Å². The number of fused-ring (bicyclic) bond motifs is 1. The van der Waals surface area contributed by atoms with Gasteiger partial charge in [0.1, 0.15) is 5.75 Å². The Bertz CT molecular complexity index is 724. The van der Waals surface area contributed by atoms with Crippen LogP contribution >= 0.6 is 11.6 Å². The molecule has 1 N–H and O–H groups in total. The van der Waals surface area contributed by atoms with Gasteiger partial charge in [0, 0.05) is 18.5 Å². The summed E-state index contributed by atoms with van der Waals surface area (Å²) in [5.74, 6) is 0.556. The summed E-state index contributed by atoms with van der Waals surface area (Å²) >= 11 is 5.96. The second-order valence-corrected chi connectivity index (χ2v) is 5.66. The zero-order valence-corrected chi connectivity index (χ0v) is 12.9. The number of ether oxygens (including phenoxy) is 1. The van der Waals surface area contributed by atoms with Crippen molar-refractivity contribution in [3.05, 3.63) is 40.2 Å². The number of amides is 1. The molecular weight excluding hydrogens is 290 g/mol. The second kappa shape index (κ2) is 5.07. The van der Waals surface area contributed by atoms with E-state index >= 15 is 0 Å². The van der Waals surface area contributed by atoms with Crippen molar-refractivity contribution >= 4 is 23.2 Å². The summed E-state index contributed by atoms with van der Waals surface area (Å²) < 4.78 is 7.43. The first-order valence-electron chi connectivity index (χ1n) is 6.72. The van der Waals surface area contributed by atoms with E-state index in [0.29, 0.717) is 11.4 Å². The number of halogens is 1. The van der Waals surface area contributed by atoms with Crippen molar-refractivity contribution in [1.82, 2.24) is 9.78 Å². The highest BCUT2D eigenvalue weighted by Gasteiger charge is 2.30. The molecule has 0 saturated carbocycles. The van der Waals surface area contributed by atoms with E-state index in [2.05, 4.69) is 10.4 Å². The maximum atomic E-state index is 12.4. The highest BCUT2D eigenvalue weighted by Crippen LogP contribution is 2.31. The molecule has 1 aromatic carbocycles. The van der Waals surface area contributed by atoms with Gasteiger partial charge >= 0.3 is 0 Å². The van der Waals surface area contributed by atoms with Gasteiger partial charge in [-0.25, -0.2) is 0 Å². The van der Waals surface area contributed by atoms with Gasteiger partial charge in [-0.05, 0) is 37.6 Å². The number of nitrogens with zero attached hydrogens (tertiary/aromatic N) is 2. The highest BCUT2D eigenvalue weighted by atomic mass is 35.5. The summed E-state index contributed by atoms with van der Waals surface area (Å²) in [7, 11) is 1.85. The van der Waals surface area contributed by atoms with Crippen LogP contribution in [-0.2, 0) is 18.3 Å². The van der Waals surface area contributed by atoms with E-state index in [4.69, 9.17) is 16.3 Å². The number of aromatic nitrogens is 2. The zero-order chi connectivity index (χ0) is 15.1. The van der Waals surface area contributed by atoms with E-state index in [1.165, 1.54) is 0 Å². The standard InChI is InChI=1S/C15H16ClN3O2/c1-8-14(9(2)19(3)18-8)17-15(20)13-7-10-6-11(16)4-5-12(10)21-13/h4-6,13H,7H2,1-3H3,(H,17,20). The third kappa shape index (κ3) is 2.49. The fourth-order valence-corrected chi connectivity index (χ4v) is 2.72. The van der Waals surface area contributed by atoms with Gasteiger partial charge in [0.25, 0.3) is 5.91 Å². The molecule has 0 radical (unpaired) electrons. The predicted molar refractivity (Wildman–Crippen MR) is 80.9 cm³/mol. The molecule has 3 rings (SSSR count). The molecule has 1 amide bonds. The topological polar surface area (TPSA) is 56.2 Å². The van der Waals surface area contributed by atoms with Crippen LogP contribution in [0.25, 0.3) is 0 Å². The van der Waals surface area contributed by atoms with Crippen LogP contribution in [0.4, 0.5) is 5.69 Å². The zero-order valence-electron chi connectivity index (χ0n) is 12.1. The molecule has 21 heavy (non-hydrogen) atoms. The van der Waals surface area contributed by atoms with Gasteiger partial charge in [-0.2, -0.15) is 5.10 Å². The molecule has 1 aliphatic rings. The lowest BCUT2D eigenvalue weighted by Gasteiger charge is -2.11. The van der Waals surface area contributed by atoms with Crippen molar-refractivity contribution in [2.75, 3.05) is 5.32 Å². The molecule has 2 heterocycles. The van der Waals surface area contributed by atoms with Crippen molar-refractivity contribution in [2.45, 2.75) is 26.4 Å². The van der Waals surface area contributed by atoms with E-state index in [1.54, 1.807) is 16.8 Å². The van der Waals surface area contributed by atoms with E-state index in [0.717, 1.165) is 28.4 Å². The maximum Gasteiger partial charge on any atom is 0.265 e. The Morgan fingerprint density at radius 3 is 2.90 bits per heavy atom. The van der Waals surface area contributed by atoms with Crippen molar-refractivity contribution in [2.24, 2.45) is 7.05 Å². The molecule has 5 nitrogen and oxygen atoms in total. The number of aryl methyl sites for hydroxylation is 2. The average molecular weight is 306 g/mol. The summed E-state index contributed by atoms with van der Waals surface area (Å²) in [5, 5.41) is 7.85. The summed E-state index contributed by atoms with van der Waals surface area (Å²) in [4.78, 5) is 12.4. The van der Waals surface area contributed by atoms with Gasteiger partial charge in [0.05, 0.1) is 17.1 Å². The van der Waals surface area contributed by atoms with Gasteiger partial charge in [-0.15, -0.1) is 0 Å². The summed E-state index contributed by atoms with van der Waals surface area (Å²) in [6.07, 6.45) is -0.00226. The van der Waals surface area contributed by atoms with Crippen molar-refractivity contribution < 1.29 is 9.53 Å². The molecule has 6 heteroatoms. The molecule has 0 spiro atoms. The first kappa shape index (κ1) is 13.9. The first-order chi connectivity index (χ1) is 9.95. The van der Waals surface area contributed by atoms with Crippen molar-refractivity contribution in [3.8, 4) is 5.75 Å². The molecular formula is C15H16ClN3O2. The lowest BCUT2D eigenvalue weighted by molar-refractivity contribution is -0.122. The first-order valence-corrected chi connectivity index (χ1v) is 7.09. The SMILES string of the molecule is Cc1nn(C)c(C)c1NC(=O)C1Cc2cc(Cl)ccc2O1. The molecule has 0 bridgehead atoms. The number of anilines is 1. The maximum absolute atomic E-state index is 12.4. The summed E-state index contributed by atoms with van der Waals surface area (Å²) in [6.45, 7) is 3.78. The molecule has 0 aliphatic carbocycles. The molecule has 1 aromatic heterocycles. The Kier molecular flexibility index (Phi) is 3.37. The molecule has 1 unspecified atom stereocenters. The van der Waals surface area contributed by atoms with E-state index in [9.17, 15) is 4.79 Å². The van der Waals surface area contributed by atoms with Gasteiger partial charge in [0.2, 0.25) is 0 Å².